The lowest BCUT2D eigenvalue weighted by Gasteiger charge is -2.04. The minimum absolute atomic E-state index is 0.680. The summed E-state index contributed by atoms with van der Waals surface area (Å²) in [7, 11) is 0. The lowest BCUT2D eigenvalue weighted by atomic mass is 10.1. The van der Waals surface area contributed by atoms with Gasteiger partial charge in [-0.3, -0.25) is 0 Å². The van der Waals surface area contributed by atoms with Crippen LogP contribution in [-0.2, 0) is 6.42 Å². The number of nitrogens with one attached hydrogen (secondary N) is 1. The van der Waals surface area contributed by atoms with Gasteiger partial charge in [0, 0.05) is 23.4 Å². The molecule has 2 rings (SSSR count). The third-order valence-electron chi connectivity index (χ3n) is 2.18. The first-order valence-corrected chi connectivity index (χ1v) is 5.89. The minimum Gasteiger partial charge on any atom is -0.354 e. The number of anilines is 1. The molecule has 0 atom stereocenters. The number of nitrogens with zero attached hydrogens (tertiary/aromatic N) is 2. The van der Waals surface area contributed by atoms with E-state index in [1.165, 1.54) is 5.56 Å². The summed E-state index contributed by atoms with van der Waals surface area (Å²) in [5.41, 5.74) is 1.30. The van der Waals surface area contributed by atoms with Crippen LogP contribution >= 0.6 is 15.9 Å². The molecule has 0 spiro atoms. The Bertz CT molecular complexity index is 428. The molecule has 0 bridgehead atoms. The maximum atomic E-state index is 4.09. The highest BCUT2D eigenvalue weighted by atomic mass is 79.9. The van der Waals surface area contributed by atoms with Crippen LogP contribution in [0.1, 0.15) is 5.56 Å². The number of hydrogen-bond acceptors (Lipinski definition) is 3. The van der Waals surface area contributed by atoms with Crippen LogP contribution < -0.4 is 5.32 Å². The fourth-order valence-electron chi connectivity index (χ4n) is 1.36. The molecule has 0 saturated carbocycles. The highest BCUT2D eigenvalue weighted by Crippen LogP contribution is 2.10. The molecule has 1 aromatic carbocycles. The van der Waals surface area contributed by atoms with Crippen molar-refractivity contribution in [1.82, 2.24) is 9.97 Å². The van der Waals surface area contributed by atoms with Gasteiger partial charge in [-0.15, -0.1) is 0 Å². The van der Waals surface area contributed by atoms with Crippen molar-refractivity contribution in [1.29, 1.82) is 0 Å². The van der Waals surface area contributed by atoms with Crippen LogP contribution in [0.25, 0.3) is 0 Å². The monoisotopic (exact) mass is 277 g/mol. The van der Waals surface area contributed by atoms with Crippen LogP contribution in [0.5, 0.6) is 0 Å². The molecule has 0 aliphatic heterocycles. The van der Waals surface area contributed by atoms with Crippen LogP contribution in [0.15, 0.2) is 47.2 Å². The van der Waals surface area contributed by atoms with E-state index in [1.807, 2.05) is 12.1 Å². The van der Waals surface area contributed by atoms with E-state index in [-0.39, 0.29) is 0 Å². The van der Waals surface area contributed by atoms with Crippen LogP contribution in [0.4, 0.5) is 5.95 Å². The second kappa shape index (κ2) is 5.61. The van der Waals surface area contributed by atoms with Crippen molar-refractivity contribution in [2.24, 2.45) is 0 Å². The molecule has 82 valence electrons. The van der Waals surface area contributed by atoms with Crippen molar-refractivity contribution in [3.63, 3.8) is 0 Å². The summed E-state index contributed by atoms with van der Waals surface area (Å²) in [5, 5.41) is 3.17. The van der Waals surface area contributed by atoms with E-state index in [0.717, 1.165) is 17.4 Å². The smallest absolute Gasteiger partial charge is 0.222 e. The Labute approximate surface area is 103 Å². The fourth-order valence-corrected chi connectivity index (χ4v) is 1.62. The number of benzene rings is 1. The Balaban J connectivity index is 1.82. The normalized spacial score (nSPS) is 10.1. The average molecular weight is 278 g/mol. The van der Waals surface area contributed by atoms with Gasteiger partial charge in [-0.05, 0) is 30.2 Å². The van der Waals surface area contributed by atoms with Gasteiger partial charge in [0.05, 0.1) is 0 Å². The maximum absolute atomic E-state index is 4.09. The molecule has 4 heteroatoms. The Kier molecular flexibility index (Phi) is 3.88. The van der Waals surface area contributed by atoms with Crippen molar-refractivity contribution in [3.05, 3.63) is 52.8 Å². The van der Waals surface area contributed by atoms with Crippen molar-refractivity contribution < 1.29 is 0 Å². The van der Waals surface area contributed by atoms with Gasteiger partial charge in [-0.1, -0.05) is 28.1 Å². The third kappa shape index (κ3) is 3.31. The lowest BCUT2D eigenvalue weighted by Crippen LogP contribution is -2.07. The van der Waals surface area contributed by atoms with Crippen LogP contribution in [-0.4, -0.2) is 16.5 Å². The topological polar surface area (TPSA) is 37.8 Å². The molecule has 16 heavy (non-hydrogen) atoms. The highest BCUT2D eigenvalue weighted by molar-refractivity contribution is 9.10. The zero-order valence-corrected chi connectivity index (χ0v) is 10.3. The van der Waals surface area contributed by atoms with E-state index in [0.29, 0.717) is 5.95 Å². The van der Waals surface area contributed by atoms with E-state index in [2.05, 4.69) is 43.3 Å². The average Bonchev–Trinajstić information content (AvgIpc) is 2.33. The van der Waals surface area contributed by atoms with Gasteiger partial charge in [0.25, 0.3) is 0 Å². The summed E-state index contributed by atoms with van der Waals surface area (Å²) in [6.45, 7) is 0.839. The number of rotatable bonds is 4. The number of hydrogen-bond donors (Lipinski definition) is 1. The Morgan fingerprint density at radius 1 is 1.06 bits per heavy atom. The summed E-state index contributed by atoms with van der Waals surface area (Å²) in [6, 6.07) is 10.1. The van der Waals surface area contributed by atoms with Gasteiger partial charge in [0.2, 0.25) is 5.95 Å². The SMILES string of the molecule is Brc1ccc(CCNc2ncccn2)cc1. The largest absolute Gasteiger partial charge is 0.354 e. The van der Waals surface area contributed by atoms with Crippen LogP contribution in [0.2, 0.25) is 0 Å². The molecule has 0 amide bonds. The van der Waals surface area contributed by atoms with E-state index in [1.54, 1.807) is 18.5 Å². The third-order valence-corrected chi connectivity index (χ3v) is 2.70. The summed E-state index contributed by atoms with van der Waals surface area (Å²) in [6.07, 6.45) is 4.43. The zero-order chi connectivity index (χ0) is 11.2. The number of aromatic nitrogens is 2. The molecule has 0 aliphatic carbocycles. The summed E-state index contributed by atoms with van der Waals surface area (Å²) in [5.74, 6) is 0.680. The van der Waals surface area contributed by atoms with E-state index < -0.39 is 0 Å². The predicted octanol–water partition coefficient (Wildman–Crippen LogP) is 2.89. The predicted molar refractivity (Wildman–Crippen MR) is 68.4 cm³/mol. The van der Waals surface area contributed by atoms with E-state index in [9.17, 15) is 0 Å². The van der Waals surface area contributed by atoms with E-state index in [4.69, 9.17) is 0 Å². The molecule has 0 aliphatic rings. The Morgan fingerprint density at radius 3 is 2.44 bits per heavy atom. The molecular formula is C12H12BrN3. The molecule has 3 nitrogen and oxygen atoms in total. The van der Waals surface area contributed by atoms with Crippen molar-refractivity contribution >= 4 is 21.9 Å². The molecule has 1 N–H and O–H groups in total. The van der Waals surface area contributed by atoms with Crippen molar-refractivity contribution in [2.45, 2.75) is 6.42 Å². The molecule has 2 aromatic rings. The van der Waals surface area contributed by atoms with Crippen molar-refractivity contribution in [3.8, 4) is 0 Å². The fraction of sp³-hybridized carbons (Fsp3) is 0.167. The Hall–Kier alpha value is -1.42. The first-order chi connectivity index (χ1) is 7.84. The highest BCUT2D eigenvalue weighted by Gasteiger charge is 1.95. The second-order valence-electron chi connectivity index (χ2n) is 3.38. The molecular weight excluding hydrogens is 266 g/mol. The van der Waals surface area contributed by atoms with E-state index >= 15 is 0 Å². The quantitative estimate of drug-likeness (QED) is 0.934. The lowest BCUT2D eigenvalue weighted by molar-refractivity contribution is 0.983. The van der Waals surface area contributed by atoms with Gasteiger partial charge in [0.15, 0.2) is 0 Å². The maximum Gasteiger partial charge on any atom is 0.222 e. The van der Waals surface area contributed by atoms with Gasteiger partial charge in [-0.25, -0.2) is 9.97 Å². The minimum atomic E-state index is 0.680. The number of halogens is 1. The zero-order valence-electron chi connectivity index (χ0n) is 8.73. The first-order valence-electron chi connectivity index (χ1n) is 5.10. The molecule has 0 saturated heterocycles. The van der Waals surface area contributed by atoms with Crippen LogP contribution in [0.3, 0.4) is 0 Å². The molecule has 1 aromatic heterocycles. The Morgan fingerprint density at radius 2 is 1.75 bits per heavy atom. The van der Waals surface area contributed by atoms with Crippen molar-refractivity contribution in [2.75, 3.05) is 11.9 Å². The molecule has 0 unspecified atom stereocenters. The second-order valence-corrected chi connectivity index (χ2v) is 4.29. The van der Waals surface area contributed by atoms with Crippen LogP contribution in [0, 0.1) is 0 Å². The first kappa shape index (κ1) is 11.1. The molecule has 0 fully saturated rings. The molecule has 1 heterocycles. The molecule has 0 radical (unpaired) electrons. The summed E-state index contributed by atoms with van der Waals surface area (Å²) >= 11 is 3.41. The van der Waals surface area contributed by atoms with Gasteiger partial charge in [-0.2, -0.15) is 0 Å². The van der Waals surface area contributed by atoms with Gasteiger partial charge < -0.3 is 5.32 Å². The van der Waals surface area contributed by atoms with Gasteiger partial charge >= 0.3 is 0 Å². The summed E-state index contributed by atoms with van der Waals surface area (Å²) < 4.78 is 1.11. The standard InChI is InChI=1S/C12H12BrN3/c13-11-4-2-10(3-5-11)6-9-16-12-14-7-1-8-15-12/h1-5,7-8H,6,9H2,(H,14,15,16). The van der Waals surface area contributed by atoms with Gasteiger partial charge in [0.1, 0.15) is 0 Å². The summed E-state index contributed by atoms with van der Waals surface area (Å²) in [4.78, 5) is 8.19.